The van der Waals surface area contributed by atoms with Crippen LogP contribution in [-0.4, -0.2) is 6.04 Å². The SMILES string of the molecule is CC1(C)C2=CC3c4ccc5ccccc5c4NC3C=C2c2ccc3ccccc3c21. The average Bonchev–Trinajstić information content (AvgIpc) is 3.25. The number of fused-ring (bicyclic) bond motifs is 10. The summed E-state index contributed by atoms with van der Waals surface area (Å²) in [6, 6.07) is 27.1. The van der Waals surface area contributed by atoms with Gasteiger partial charge in [0, 0.05) is 22.4 Å². The van der Waals surface area contributed by atoms with Crippen LogP contribution in [0.4, 0.5) is 5.69 Å². The highest BCUT2D eigenvalue weighted by molar-refractivity contribution is 6.02. The fourth-order valence-electron chi connectivity index (χ4n) is 6.14. The van der Waals surface area contributed by atoms with Gasteiger partial charge in [0.15, 0.2) is 0 Å². The molecule has 0 aromatic heterocycles. The summed E-state index contributed by atoms with van der Waals surface area (Å²) in [4.78, 5) is 0. The van der Waals surface area contributed by atoms with Crippen LogP contribution in [0.3, 0.4) is 0 Å². The molecule has 0 bridgehead atoms. The van der Waals surface area contributed by atoms with E-state index in [1.165, 1.54) is 55.1 Å². The molecule has 7 rings (SSSR count). The minimum atomic E-state index is 0.00655. The molecule has 0 amide bonds. The lowest BCUT2D eigenvalue weighted by Crippen LogP contribution is -2.23. The second kappa shape index (κ2) is 5.43. The Hall–Kier alpha value is -3.32. The van der Waals surface area contributed by atoms with E-state index in [1.807, 2.05) is 0 Å². The molecule has 0 radical (unpaired) electrons. The lowest BCUT2D eigenvalue weighted by atomic mass is 9.76. The van der Waals surface area contributed by atoms with Gasteiger partial charge in [-0.15, -0.1) is 0 Å². The Balaban J connectivity index is 1.46. The normalized spacial score (nSPS) is 22.6. The van der Waals surface area contributed by atoms with Crippen molar-refractivity contribution in [3.63, 3.8) is 0 Å². The van der Waals surface area contributed by atoms with Crippen molar-refractivity contribution >= 4 is 32.8 Å². The van der Waals surface area contributed by atoms with Gasteiger partial charge in [-0.3, -0.25) is 0 Å². The largest absolute Gasteiger partial charge is 0.377 e. The highest BCUT2D eigenvalue weighted by Crippen LogP contribution is 2.56. The summed E-state index contributed by atoms with van der Waals surface area (Å²) in [7, 11) is 0. The van der Waals surface area contributed by atoms with E-state index in [-0.39, 0.29) is 5.41 Å². The quantitative estimate of drug-likeness (QED) is 0.338. The van der Waals surface area contributed by atoms with Crippen molar-refractivity contribution in [1.82, 2.24) is 0 Å². The van der Waals surface area contributed by atoms with Crippen LogP contribution < -0.4 is 5.32 Å². The summed E-state index contributed by atoms with van der Waals surface area (Å²) in [5.41, 5.74) is 8.55. The zero-order valence-electron chi connectivity index (χ0n) is 17.2. The number of hydrogen-bond donors (Lipinski definition) is 1. The molecule has 0 saturated carbocycles. The summed E-state index contributed by atoms with van der Waals surface area (Å²) in [6.45, 7) is 4.80. The minimum absolute atomic E-state index is 0.00655. The molecular weight excluding hydrogens is 362 g/mol. The topological polar surface area (TPSA) is 12.0 Å². The number of rotatable bonds is 0. The van der Waals surface area contributed by atoms with Gasteiger partial charge in [-0.2, -0.15) is 0 Å². The Morgan fingerprint density at radius 2 is 1.43 bits per heavy atom. The zero-order valence-corrected chi connectivity index (χ0v) is 17.2. The van der Waals surface area contributed by atoms with Gasteiger partial charge in [0.05, 0.1) is 6.04 Å². The third kappa shape index (κ3) is 1.93. The fraction of sp³-hybridized carbons (Fsp3) is 0.172. The van der Waals surface area contributed by atoms with Crippen LogP contribution in [0.25, 0.3) is 27.1 Å². The predicted molar refractivity (Wildman–Crippen MR) is 127 cm³/mol. The van der Waals surface area contributed by atoms with E-state index in [0.29, 0.717) is 12.0 Å². The second-order valence-corrected chi connectivity index (χ2v) is 9.44. The van der Waals surface area contributed by atoms with E-state index in [2.05, 4.69) is 104 Å². The molecule has 30 heavy (non-hydrogen) atoms. The van der Waals surface area contributed by atoms with Crippen molar-refractivity contribution in [1.29, 1.82) is 0 Å². The first kappa shape index (κ1) is 16.5. The smallest absolute Gasteiger partial charge is 0.0558 e. The Labute approximate surface area is 176 Å². The maximum Gasteiger partial charge on any atom is 0.0558 e. The first-order chi connectivity index (χ1) is 14.6. The van der Waals surface area contributed by atoms with E-state index in [1.54, 1.807) is 0 Å². The third-order valence-electron chi connectivity index (χ3n) is 7.52. The van der Waals surface area contributed by atoms with Gasteiger partial charge in [0.1, 0.15) is 0 Å². The Morgan fingerprint density at radius 3 is 2.27 bits per heavy atom. The van der Waals surface area contributed by atoms with Crippen LogP contribution >= 0.6 is 0 Å². The Morgan fingerprint density at radius 1 is 0.733 bits per heavy atom. The lowest BCUT2D eigenvalue weighted by Gasteiger charge is -2.28. The summed E-state index contributed by atoms with van der Waals surface area (Å²) in [5.74, 6) is 0.392. The molecule has 2 aliphatic carbocycles. The van der Waals surface area contributed by atoms with Gasteiger partial charge in [-0.1, -0.05) is 98.8 Å². The fourth-order valence-corrected chi connectivity index (χ4v) is 6.14. The molecule has 1 aliphatic heterocycles. The highest BCUT2D eigenvalue weighted by Gasteiger charge is 2.44. The molecule has 3 aliphatic rings. The Bertz CT molecular complexity index is 1450. The molecule has 2 atom stereocenters. The van der Waals surface area contributed by atoms with E-state index in [0.717, 1.165) is 0 Å². The lowest BCUT2D eigenvalue weighted by molar-refractivity contribution is 0.650. The summed E-state index contributed by atoms with van der Waals surface area (Å²) >= 11 is 0. The predicted octanol–water partition coefficient (Wildman–Crippen LogP) is 7.19. The summed E-state index contributed by atoms with van der Waals surface area (Å²) in [5, 5.41) is 9.22. The highest BCUT2D eigenvalue weighted by atomic mass is 15.0. The monoisotopic (exact) mass is 385 g/mol. The van der Waals surface area contributed by atoms with Gasteiger partial charge in [0.25, 0.3) is 0 Å². The van der Waals surface area contributed by atoms with Gasteiger partial charge in [-0.25, -0.2) is 0 Å². The molecule has 4 aromatic rings. The van der Waals surface area contributed by atoms with E-state index < -0.39 is 0 Å². The maximum atomic E-state index is 3.87. The number of nitrogens with one attached hydrogen (secondary N) is 1. The zero-order chi connectivity index (χ0) is 20.0. The van der Waals surface area contributed by atoms with E-state index in [4.69, 9.17) is 0 Å². The minimum Gasteiger partial charge on any atom is -0.377 e. The van der Waals surface area contributed by atoms with Crippen molar-refractivity contribution < 1.29 is 0 Å². The van der Waals surface area contributed by atoms with Crippen LogP contribution in [0.2, 0.25) is 0 Å². The molecule has 1 heterocycles. The molecule has 1 heteroatoms. The van der Waals surface area contributed by atoms with Crippen molar-refractivity contribution in [2.75, 3.05) is 5.32 Å². The van der Waals surface area contributed by atoms with Gasteiger partial charge < -0.3 is 5.32 Å². The maximum absolute atomic E-state index is 3.87. The first-order valence-corrected chi connectivity index (χ1v) is 10.9. The van der Waals surface area contributed by atoms with Crippen LogP contribution in [0.5, 0.6) is 0 Å². The van der Waals surface area contributed by atoms with Gasteiger partial charge in [-0.05, 0) is 44.0 Å². The number of hydrogen-bond acceptors (Lipinski definition) is 1. The first-order valence-electron chi connectivity index (χ1n) is 10.9. The Kier molecular flexibility index (Phi) is 2.98. The van der Waals surface area contributed by atoms with Crippen LogP contribution in [0, 0.1) is 0 Å². The third-order valence-corrected chi connectivity index (χ3v) is 7.52. The summed E-state index contributed by atoms with van der Waals surface area (Å²) < 4.78 is 0. The van der Waals surface area contributed by atoms with Crippen molar-refractivity contribution in [2.24, 2.45) is 0 Å². The van der Waals surface area contributed by atoms with Crippen molar-refractivity contribution in [3.8, 4) is 0 Å². The molecule has 1 nitrogen and oxygen atoms in total. The second-order valence-electron chi connectivity index (χ2n) is 9.44. The van der Waals surface area contributed by atoms with Crippen LogP contribution in [0.15, 0.2) is 90.5 Å². The molecule has 1 N–H and O–H groups in total. The molecule has 2 unspecified atom stereocenters. The van der Waals surface area contributed by atoms with Gasteiger partial charge >= 0.3 is 0 Å². The standard InChI is InChI=1S/C29H23N/c1-29(2)25-15-24-22-14-12-18-8-4-6-10-20(18)28(22)30-26(24)16-23(25)21-13-11-17-7-3-5-9-19(17)27(21)29/h3-16,24,26,30H,1-2H3. The summed E-state index contributed by atoms with van der Waals surface area (Å²) in [6.07, 6.45) is 5.06. The average molecular weight is 386 g/mol. The number of benzene rings is 4. The number of allylic oxidation sites excluding steroid dienone is 2. The van der Waals surface area contributed by atoms with E-state index >= 15 is 0 Å². The molecule has 0 fully saturated rings. The van der Waals surface area contributed by atoms with Crippen molar-refractivity contribution in [2.45, 2.75) is 31.2 Å². The molecule has 4 aromatic carbocycles. The molecular formula is C29H23N. The molecule has 0 spiro atoms. The van der Waals surface area contributed by atoms with E-state index in [9.17, 15) is 0 Å². The van der Waals surface area contributed by atoms with Crippen molar-refractivity contribution in [3.05, 3.63) is 107 Å². The molecule has 144 valence electrons. The molecule has 0 saturated heterocycles. The van der Waals surface area contributed by atoms with Gasteiger partial charge in [0.2, 0.25) is 0 Å². The number of anilines is 1. The van der Waals surface area contributed by atoms with Crippen LogP contribution in [-0.2, 0) is 5.41 Å². The van der Waals surface area contributed by atoms with Crippen LogP contribution in [0.1, 0.15) is 36.5 Å².